The first-order chi connectivity index (χ1) is 28.3. The van der Waals surface area contributed by atoms with Gasteiger partial charge in [0.25, 0.3) is 0 Å². The predicted octanol–water partition coefficient (Wildman–Crippen LogP) is 11.5. The average molecular weight is 823 g/mol. The Morgan fingerprint density at radius 3 is 0.810 bits per heavy atom. The Morgan fingerprint density at radius 1 is 0.345 bits per heavy atom. The van der Waals surface area contributed by atoms with E-state index in [1.165, 1.54) is 103 Å². The van der Waals surface area contributed by atoms with E-state index in [1.807, 2.05) is 0 Å². The molecule has 0 spiro atoms. The van der Waals surface area contributed by atoms with E-state index in [9.17, 15) is 29.4 Å². The zero-order valence-electron chi connectivity index (χ0n) is 37.1. The minimum atomic E-state index is -1.10. The van der Waals surface area contributed by atoms with E-state index < -0.39 is 24.1 Å². The Kier molecular flexibility index (Phi) is 41.8. The number of hydrogen-bond acceptors (Lipinski definition) is 10. The number of ether oxygens (including phenoxy) is 4. The predicted molar refractivity (Wildman–Crippen MR) is 233 cm³/mol. The van der Waals surface area contributed by atoms with Crippen LogP contribution in [0.15, 0.2) is 24.3 Å². The Balaban J connectivity index is 3.63. The van der Waals surface area contributed by atoms with Crippen LogP contribution in [0.3, 0.4) is 0 Å². The summed E-state index contributed by atoms with van der Waals surface area (Å²) in [6.45, 7) is 3.47. The highest BCUT2D eigenvalue weighted by Crippen LogP contribution is 2.13. The lowest BCUT2D eigenvalue weighted by Crippen LogP contribution is -2.25. The van der Waals surface area contributed by atoms with Crippen molar-refractivity contribution in [3.05, 3.63) is 24.3 Å². The summed E-state index contributed by atoms with van der Waals surface area (Å²) in [6, 6.07) is 0. The molecular weight excluding hydrogens is 737 g/mol. The molecule has 10 nitrogen and oxygen atoms in total. The summed E-state index contributed by atoms with van der Waals surface area (Å²) in [5, 5.41) is 20.0. The summed E-state index contributed by atoms with van der Waals surface area (Å²) in [6.07, 6.45) is 39.3. The lowest BCUT2D eigenvalue weighted by atomic mass is 10.1. The molecule has 0 aromatic carbocycles. The van der Waals surface area contributed by atoms with Gasteiger partial charge < -0.3 is 29.2 Å². The molecule has 58 heavy (non-hydrogen) atoms. The van der Waals surface area contributed by atoms with Gasteiger partial charge in [-0.05, 0) is 77.0 Å². The van der Waals surface area contributed by atoms with E-state index in [0.717, 1.165) is 64.2 Å². The highest BCUT2D eigenvalue weighted by molar-refractivity contribution is 5.71. The summed E-state index contributed by atoms with van der Waals surface area (Å²) in [7, 11) is 0. The molecule has 0 saturated carbocycles. The zero-order valence-corrected chi connectivity index (χ0v) is 37.1. The summed E-state index contributed by atoms with van der Waals surface area (Å²) < 4.78 is 20.3. The molecule has 2 atom stereocenters. The molecule has 0 fully saturated rings. The molecule has 0 saturated heterocycles. The number of hydrogen-bond donors (Lipinski definition) is 2. The second-order valence-corrected chi connectivity index (χ2v) is 15.9. The lowest BCUT2D eigenvalue weighted by Gasteiger charge is -2.12. The number of carbonyl (C=O) groups excluding carboxylic acids is 4. The van der Waals surface area contributed by atoms with E-state index in [1.54, 1.807) is 0 Å². The van der Waals surface area contributed by atoms with Gasteiger partial charge in [0, 0.05) is 25.7 Å². The Hall–Kier alpha value is -2.72. The monoisotopic (exact) mass is 823 g/mol. The van der Waals surface area contributed by atoms with Crippen LogP contribution in [0, 0.1) is 0 Å². The van der Waals surface area contributed by atoms with Crippen LogP contribution in [-0.4, -0.2) is 72.7 Å². The molecule has 0 heterocycles. The first-order valence-corrected chi connectivity index (χ1v) is 23.6. The molecule has 0 radical (unpaired) electrons. The first kappa shape index (κ1) is 55.3. The Bertz CT molecular complexity index is 946. The van der Waals surface area contributed by atoms with Crippen LogP contribution in [0.1, 0.15) is 219 Å². The molecule has 0 aromatic rings. The third kappa shape index (κ3) is 42.9. The molecule has 0 bridgehead atoms. The fourth-order valence-corrected chi connectivity index (χ4v) is 6.36. The number of allylic oxidation sites excluding steroid dienone is 4. The second-order valence-electron chi connectivity index (χ2n) is 15.9. The van der Waals surface area contributed by atoms with Gasteiger partial charge >= 0.3 is 23.9 Å². The third-order valence-electron chi connectivity index (χ3n) is 10.0. The molecule has 0 rings (SSSR count). The van der Waals surface area contributed by atoms with Crippen LogP contribution in [0.25, 0.3) is 0 Å². The molecule has 0 amide bonds. The summed E-state index contributed by atoms with van der Waals surface area (Å²) in [5.74, 6) is -1.78. The van der Waals surface area contributed by atoms with Crippen LogP contribution >= 0.6 is 0 Å². The van der Waals surface area contributed by atoms with Gasteiger partial charge in [-0.25, -0.2) is 0 Å². The van der Waals surface area contributed by atoms with Crippen molar-refractivity contribution in [3.8, 4) is 0 Å². The number of esters is 4. The normalized spacial score (nSPS) is 12.6. The number of aliphatic hydroxyl groups excluding tert-OH is 2. The Morgan fingerprint density at radius 2 is 0.552 bits per heavy atom. The number of carbonyl (C=O) groups is 4. The van der Waals surface area contributed by atoms with Gasteiger partial charge in [-0.15, -0.1) is 0 Å². The van der Waals surface area contributed by atoms with Crippen LogP contribution in [0.4, 0.5) is 0 Å². The largest absolute Gasteiger partial charge is 0.463 e. The molecule has 0 aromatic heterocycles. The maximum Gasteiger partial charge on any atom is 0.305 e. The fourth-order valence-electron chi connectivity index (χ4n) is 6.36. The molecule has 2 N–H and O–H groups in total. The molecule has 0 aliphatic carbocycles. The molecule has 0 aliphatic heterocycles. The molecule has 338 valence electrons. The second kappa shape index (κ2) is 43.8. The number of rotatable bonds is 43. The van der Waals surface area contributed by atoms with Crippen molar-refractivity contribution < 1.29 is 48.3 Å². The summed E-state index contributed by atoms with van der Waals surface area (Å²) >= 11 is 0. The standard InChI is InChI=1S/C48H86O10/c1-3-5-7-9-11-13-15-17-19-21-23-25-27-29-31-35-45(51)55-39-43(49)41-57-47(53)37-33-34-38-48(54)58-42-44(50)40-56-46(52)36-32-30-28-26-24-22-20-18-16-14-12-10-8-6-4-2/h17-20,43-44,49-50H,3-16,21-42H2,1-2H3. The van der Waals surface area contributed by atoms with Gasteiger partial charge in [-0.1, -0.05) is 141 Å². The average Bonchev–Trinajstić information content (AvgIpc) is 3.22. The van der Waals surface area contributed by atoms with E-state index in [4.69, 9.17) is 18.9 Å². The number of unbranched alkanes of at least 4 members (excludes halogenated alkanes) is 23. The third-order valence-corrected chi connectivity index (χ3v) is 10.0. The molecule has 2 unspecified atom stereocenters. The molecule has 10 heteroatoms. The van der Waals surface area contributed by atoms with Gasteiger partial charge in [0.1, 0.15) is 38.6 Å². The van der Waals surface area contributed by atoms with E-state index >= 15 is 0 Å². The zero-order chi connectivity index (χ0) is 42.6. The van der Waals surface area contributed by atoms with Gasteiger partial charge in [0.15, 0.2) is 0 Å². The lowest BCUT2D eigenvalue weighted by molar-refractivity contribution is -0.154. The topological polar surface area (TPSA) is 146 Å². The Labute approximate surface area is 353 Å². The van der Waals surface area contributed by atoms with Gasteiger partial charge in [0.2, 0.25) is 0 Å². The van der Waals surface area contributed by atoms with Crippen molar-refractivity contribution >= 4 is 23.9 Å². The minimum Gasteiger partial charge on any atom is -0.463 e. The van der Waals surface area contributed by atoms with Crippen LogP contribution < -0.4 is 0 Å². The van der Waals surface area contributed by atoms with E-state index in [-0.39, 0.29) is 51.2 Å². The van der Waals surface area contributed by atoms with Crippen molar-refractivity contribution in [2.75, 3.05) is 26.4 Å². The quantitative estimate of drug-likeness (QED) is 0.0264. The maximum atomic E-state index is 12.0. The van der Waals surface area contributed by atoms with Crippen LogP contribution in [0.5, 0.6) is 0 Å². The fraction of sp³-hybridized carbons (Fsp3) is 0.833. The molecular formula is C48H86O10. The summed E-state index contributed by atoms with van der Waals surface area (Å²) in [5.41, 5.74) is 0. The minimum absolute atomic E-state index is 0.0601. The highest BCUT2D eigenvalue weighted by atomic mass is 16.6. The van der Waals surface area contributed by atoms with Crippen LogP contribution in [0.2, 0.25) is 0 Å². The number of aliphatic hydroxyl groups is 2. The van der Waals surface area contributed by atoms with Crippen molar-refractivity contribution in [3.63, 3.8) is 0 Å². The maximum absolute atomic E-state index is 12.0. The van der Waals surface area contributed by atoms with Crippen molar-refractivity contribution in [1.82, 2.24) is 0 Å². The van der Waals surface area contributed by atoms with Gasteiger partial charge in [0.05, 0.1) is 0 Å². The van der Waals surface area contributed by atoms with Crippen molar-refractivity contribution in [2.24, 2.45) is 0 Å². The van der Waals surface area contributed by atoms with Crippen LogP contribution in [-0.2, 0) is 38.1 Å². The van der Waals surface area contributed by atoms with Crippen molar-refractivity contribution in [2.45, 2.75) is 232 Å². The van der Waals surface area contributed by atoms with Gasteiger partial charge in [-0.2, -0.15) is 0 Å². The van der Waals surface area contributed by atoms with Gasteiger partial charge in [-0.3, -0.25) is 19.2 Å². The highest BCUT2D eigenvalue weighted by Gasteiger charge is 2.14. The van der Waals surface area contributed by atoms with Crippen molar-refractivity contribution in [1.29, 1.82) is 0 Å². The van der Waals surface area contributed by atoms with E-state index in [2.05, 4.69) is 38.2 Å². The molecule has 0 aliphatic rings. The summed E-state index contributed by atoms with van der Waals surface area (Å²) in [4.78, 5) is 48.0. The first-order valence-electron chi connectivity index (χ1n) is 23.6. The SMILES string of the molecule is CCCCCCCCC=CCCCCCCCC(=O)OCC(O)COC(=O)CCCCC(=O)OCC(O)COC(=O)CCCCCCCC=CCCCCCCCC. The van der Waals surface area contributed by atoms with E-state index in [0.29, 0.717) is 25.7 Å². The smallest absolute Gasteiger partial charge is 0.305 e.